The van der Waals surface area contributed by atoms with Gasteiger partial charge in [0.1, 0.15) is 11.2 Å². The molecule has 0 aliphatic heterocycles. The Bertz CT molecular complexity index is 8250. The van der Waals surface area contributed by atoms with Gasteiger partial charge in [-0.05, 0) is 250 Å². The molecule has 4 aliphatic carbocycles. The lowest BCUT2D eigenvalue weighted by Crippen LogP contribution is -2.36. The van der Waals surface area contributed by atoms with Gasteiger partial charge in [0, 0.05) is 70.5 Å². The van der Waals surface area contributed by atoms with Crippen LogP contribution in [0.15, 0.2) is 453 Å². The maximum Gasteiger partial charge on any atom is 0.137 e. The topological polar surface area (TPSA) is 19.6 Å². The van der Waals surface area contributed by atoms with E-state index in [1.807, 2.05) is 17.4 Å². The van der Waals surface area contributed by atoms with Crippen molar-refractivity contribution in [2.24, 2.45) is 0 Å². The highest BCUT2D eigenvalue weighted by Gasteiger charge is 2.51. The van der Waals surface area contributed by atoms with Crippen LogP contribution in [0.25, 0.3) is 174 Å². The summed E-state index contributed by atoms with van der Waals surface area (Å²) in [6, 6.07) is 168. The van der Waals surface area contributed by atoms with Crippen LogP contribution in [-0.4, -0.2) is 0 Å². The molecule has 0 fully saturated rings. The van der Waals surface area contributed by atoms with Crippen molar-refractivity contribution in [2.45, 2.75) is 10.8 Å². The van der Waals surface area contributed by atoms with Crippen LogP contribution in [-0.2, 0) is 10.8 Å². The fourth-order valence-corrected chi connectivity index (χ4v) is 24.0. The predicted octanol–water partition coefficient (Wildman–Crippen LogP) is 33.5. The lowest BCUT2D eigenvalue weighted by Gasteiger charge is -2.46. The summed E-state index contributed by atoms with van der Waals surface area (Å²) in [5.74, 6) is 0. The Hall–Kier alpha value is -16.0. The van der Waals surface area contributed by atoms with E-state index in [9.17, 15) is 0 Å². The first-order chi connectivity index (χ1) is 62.5. The number of anilines is 6. The van der Waals surface area contributed by atoms with Crippen molar-refractivity contribution >= 4 is 152 Å². The fourth-order valence-electron chi connectivity index (χ4n) is 22.8. The first-order valence-electron chi connectivity index (χ1n) is 43.7. The molecule has 24 aromatic rings. The molecule has 22 aromatic carbocycles. The molecule has 28 rings (SSSR count). The summed E-state index contributed by atoms with van der Waals surface area (Å²) >= 11 is 1.87. The minimum atomic E-state index is -0.614. The fraction of sp³-hybridized carbons (Fsp3) is 0.0164. The second kappa shape index (κ2) is 27.3. The van der Waals surface area contributed by atoms with Gasteiger partial charge in [-0.3, -0.25) is 0 Å². The highest BCUT2D eigenvalue weighted by atomic mass is 32.1. The van der Waals surface area contributed by atoms with Gasteiger partial charge in [0.15, 0.2) is 0 Å². The van der Waals surface area contributed by atoms with Crippen LogP contribution < -0.4 is 9.80 Å². The minimum Gasteiger partial charge on any atom is -0.456 e. The van der Waals surface area contributed by atoms with E-state index in [1.165, 1.54) is 196 Å². The van der Waals surface area contributed by atoms with Crippen molar-refractivity contribution in [1.82, 2.24) is 0 Å². The molecule has 584 valence electrons. The Morgan fingerprint density at radius 2 is 0.540 bits per heavy atom. The molecule has 4 aliphatic rings. The van der Waals surface area contributed by atoms with Gasteiger partial charge in [-0.2, -0.15) is 0 Å². The average Bonchev–Trinajstić information content (AvgIpc) is 0.937. The lowest BCUT2D eigenvalue weighted by atomic mass is 9.55. The van der Waals surface area contributed by atoms with E-state index in [-0.39, 0.29) is 0 Å². The SMILES string of the molecule is c1ccc(-c2ccc3c(c2)C2(c4ccccc4-c4cccc5cccc2c45)c2cccc4c(N(c5ccc6ccccc6c5)c5ccc6c(c5)oc5ccccc56)ccc-3c24)cc1.c1ccc(-c2ccc3c(c2)C2(c4ccccc4-c4cccc5cccc2c45)c2cccc4c(N(c5ccc6ccccc6c5)c5ccc6c(c5)sc5ccccc56)ccc-3c24)cc1. The number of para-hydroxylation sites is 1. The smallest absolute Gasteiger partial charge is 0.137 e. The van der Waals surface area contributed by atoms with Gasteiger partial charge >= 0.3 is 0 Å². The number of thiophene rings is 1. The third-order valence-electron chi connectivity index (χ3n) is 28.1. The van der Waals surface area contributed by atoms with Crippen LogP contribution in [0.5, 0.6) is 0 Å². The largest absolute Gasteiger partial charge is 0.456 e. The van der Waals surface area contributed by atoms with Crippen LogP contribution >= 0.6 is 11.3 Å². The Morgan fingerprint density at radius 1 is 0.183 bits per heavy atom. The van der Waals surface area contributed by atoms with Gasteiger partial charge < -0.3 is 14.2 Å². The first kappa shape index (κ1) is 70.7. The summed E-state index contributed by atoms with van der Waals surface area (Å²) in [5.41, 5.74) is 32.9. The first-order valence-corrected chi connectivity index (χ1v) is 44.5. The van der Waals surface area contributed by atoms with Crippen LogP contribution in [0, 0.1) is 0 Å². The third-order valence-corrected chi connectivity index (χ3v) is 29.2. The molecule has 0 bridgehead atoms. The number of furan rings is 1. The molecule has 0 N–H and O–H groups in total. The van der Waals surface area contributed by atoms with Crippen LogP contribution in [0.3, 0.4) is 0 Å². The predicted molar refractivity (Wildman–Crippen MR) is 531 cm³/mol. The molecule has 4 heteroatoms. The molecule has 126 heavy (non-hydrogen) atoms. The molecule has 0 saturated heterocycles. The summed E-state index contributed by atoms with van der Waals surface area (Å²) in [5, 5.41) is 19.9. The molecule has 2 spiro atoms. The zero-order valence-corrected chi connectivity index (χ0v) is 69.3. The number of hydrogen-bond donors (Lipinski definition) is 0. The van der Waals surface area contributed by atoms with Gasteiger partial charge in [-0.1, -0.05) is 358 Å². The number of benzene rings is 22. The molecule has 3 nitrogen and oxygen atoms in total. The maximum absolute atomic E-state index is 6.56. The average molecular weight is 1620 g/mol. The van der Waals surface area contributed by atoms with Crippen molar-refractivity contribution in [3.63, 3.8) is 0 Å². The van der Waals surface area contributed by atoms with Gasteiger partial charge in [0.05, 0.1) is 22.2 Å². The van der Waals surface area contributed by atoms with Gasteiger partial charge in [0.25, 0.3) is 0 Å². The van der Waals surface area contributed by atoms with E-state index in [1.54, 1.807) is 0 Å². The molecule has 2 heterocycles. The third kappa shape index (κ3) is 10.1. The van der Waals surface area contributed by atoms with E-state index < -0.39 is 10.8 Å². The van der Waals surface area contributed by atoms with Crippen LogP contribution in [0.1, 0.15) is 44.5 Å². The number of nitrogens with zero attached hydrogens (tertiary/aromatic N) is 2. The zero-order valence-electron chi connectivity index (χ0n) is 68.4. The van der Waals surface area contributed by atoms with Crippen molar-refractivity contribution in [3.8, 4) is 66.8 Å². The number of fused-ring (bicyclic) bond motifs is 24. The molecular formula is C122H74N2OS. The highest BCUT2D eigenvalue weighted by molar-refractivity contribution is 7.25. The zero-order chi connectivity index (χ0) is 82.5. The monoisotopic (exact) mass is 1610 g/mol. The van der Waals surface area contributed by atoms with E-state index in [0.717, 1.165) is 56.1 Å². The molecular weight excluding hydrogens is 1540 g/mol. The van der Waals surface area contributed by atoms with Gasteiger partial charge in [-0.25, -0.2) is 0 Å². The minimum absolute atomic E-state index is 0.598. The summed E-state index contributed by atoms with van der Waals surface area (Å²) in [6.07, 6.45) is 0. The lowest BCUT2D eigenvalue weighted by molar-refractivity contribution is 0.669. The normalized spacial score (nSPS) is 14.7. The van der Waals surface area contributed by atoms with Crippen molar-refractivity contribution in [3.05, 3.63) is 493 Å². The molecule has 0 amide bonds. The van der Waals surface area contributed by atoms with E-state index in [0.29, 0.717) is 0 Å². The molecule has 2 unspecified atom stereocenters. The van der Waals surface area contributed by atoms with Crippen LogP contribution in [0.4, 0.5) is 34.1 Å². The van der Waals surface area contributed by atoms with E-state index in [2.05, 4.69) is 453 Å². The van der Waals surface area contributed by atoms with Crippen molar-refractivity contribution in [2.75, 3.05) is 9.80 Å². The Morgan fingerprint density at radius 3 is 1.09 bits per heavy atom. The van der Waals surface area contributed by atoms with Crippen molar-refractivity contribution in [1.29, 1.82) is 0 Å². The van der Waals surface area contributed by atoms with E-state index >= 15 is 0 Å². The number of rotatable bonds is 8. The van der Waals surface area contributed by atoms with Crippen molar-refractivity contribution < 1.29 is 4.42 Å². The standard InChI is InChI=1S/C61H37NO.C61H37NS/c2*1-2-13-38(14-3-1)42-28-31-46-50-33-34-56(62(43-29-27-39-15-4-5-16-41(39)35-43)44-30-32-48-47-20-7-9-26-57(47)63-58(48)37-44)51-22-12-25-54(60(50)51)61(55(46)36-42)52-23-8-6-19-45(52)49-21-10-17-40-18-11-24-53(61)59(40)49/h2*1-37H. The van der Waals surface area contributed by atoms with Gasteiger partial charge in [0.2, 0.25) is 0 Å². The summed E-state index contributed by atoms with van der Waals surface area (Å²) in [4.78, 5) is 4.94. The highest BCUT2D eigenvalue weighted by Crippen LogP contribution is 2.65. The summed E-state index contributed by atoms with van der Waals surface area (Å²) < 4.78 is 9.16. The maximum atomic E-state index is 6.56. The molecule has 0 saturated carbocycles. The Kier molecular flexibility index (Phi) is 15.3. The Balaban J connectivity index is 0.000000131. The van der Waals surface area contributed by atoms with Gasteiger partial charge in [-0.15, -0.1) is 11.3 Å². The van der Waals surface area contributed by atoms with E-state index in [4.69, 9.17) is 4.42 Å². The summed E-state index contributed by atoms with van der Waals surface area (Å²) in [6.45, 7) is 0. The summed E-state index contributed by atoms with van der Waals surface area (Å²) in [7, 11) is 0. The number of hydrogen-bond acceptors (Lipinski definition) is 4. The molecule has 0 radical (unpaired) electrons. The van der Waals surface area contributed by atoms with Crippen LogP contribution in [0.2, 0.25) is 0 Å². The Labute approximate surface area is 732 Å². The molecule has 2 aromatic heterocycles. The second-order valence-electron chi connectivity index (χ2n) is 34.3. The molecule has 2 atom stereocenters. The second-order valence-corrected chi connectivity index (χ2v) is 35.4. The quantitative estimate of drug-likeness (QED) is 0.151.